The Morgan fingerprint density at radius 3 is 2.19 bits per heavy atom. The van der Waals surface area contributed by atoms with Gasteiger partial charge in [-0.2, -0.15) is 0 Å². The van der Waals surface area contributed by atoms with Gasteiger partial charge in [0.25, 0.3) is 0 Å². The summed E-state index contributed by atoms with van der Waals surface area (Å²) in [5.74, 6) is -1.06. The maximum absolute atomic E-state index is 12.3. The van der Waals surface area contributed by atoms with E-state index in [0.717, 1.165) is 11.1 Å². The van der Waals surface area contributed by atoms with Gasteiger partial charge in [0.05, 0.1) is 18.4 Å². The molecule has 7 nitrogen and oxygen atoms in total. The van der Waals surface area contributed by atoms with Gasteiger partial charge in [-0.25, -0.2) is 9.59 Å². The Bertz CT molecular complexity index is 861. The van der Waals surface area contributed by atoms with Crippen molar-refractivity contribution in [3.8, 4) is 5.75 Å². The molecule has 0 saturated carbocycles. The molecule has 0 aliphatic rings. The summed E-state index contributed by atoms with van der Waals surface area (Å²) in [5, 5.41) is 0. The van der Waals surface area contributed by atoms with Crippen LogP contribution in [0, 0.1) is 27.7 Å². The Morgan fingerprint density at radius 1 is 0.963 bits per heavy atom. The lowest BCUT2D eigenvalue weighted by molar-refractivity contribution is -0.144. The molecule has 2 rings (SSSR count). The summed E-state index contributed by atoms with van der Waals surface area (Å²) in [6, 6.07) is 5.61. The average Bonchev–Trinajstić information content (AvgIpc) is 2.91. The Balaban J connectivity index is 1.93. The predicted molar refractivity (Wildman–Crippen MR) is 98.3 cm³/mol. The van der Waals surface area contributed by atoms with E-state index in [-0.39, 0.29) is 12.3 Å². The molecule has 0 amide bonds. The monoisotopic (exact) mass is 373 g/mol. The van der Waals surface area contributed by atoms with Crippen molar-refractivity contribution in [1.82, 2.24) is 4.98 Å². The minimum absolute atomic E-state index is 0.218. The van der Waals surface area contributed by atoms with Crippen LogP contribution in [0.4, 0.5) is 0 Å². The lowest BCUT2D eigenvalue weighted by Crippen LogP contribution is -2.20. The van der Waals surface area contributed by atoms with E-state index in [1.54, 1.807) is 13.8 Å². The summed E-state index contributed by atoms with van der Waals surface area (Å²) in [4.78, 5) is 38.8. The number of ketones is 1. The molecule has 7 heteroatoms. The number of hydrogen-bond donors (Lipinski definition) is 1. The largest absolute Gasteiger partial charge is 0.482 e. The highest BCUT2D eigenvalue weighted by atomic mass is 16.6. The van der Waals surface area contributed by atoms with Crippen LogP contribution in [0.15, 0.2) is 18.2 Å². The molecule has 0 aliphatic heterocycles. The third-order valence-electron chi connectivity index (χ3n) is 4.02. The fourth-order valence-electron chi connectivity index (χ4n) is 2.86. The minimum atomic E-state index is -0.656. The van der Waals surface area contributed by atoms with Crippen LogP contribution in [0.5, 0.6) is 5.75 Å². The molecule has 0 atom stereocenters. The number of carbonyl (C=O) groups is 3. The zero-order valence-corrected chi connectivity index (χ0v) is 16.1. The summed E-state index contributed by atoms with van der Waals surface area (Å²) in [5.41, 5.74) is 3.56. The van der Waals surface area contributed by atoms with E-state index in [4.69, 9.17) is 14.2 Å². The maximum Gasteiger partial charge on any atom is 0.344 e. The highest BCUT2D eigenvalue weighted by Crippen LogP contribution is 2.19. The van der Waals surface area contributed by atoms with Crippen molar-refractivity contribution < 1.29 is 28.6 Å². The lowest BCUT2D eigenvalue weighted by Gasteiger charge is -2.08. The molecule has 1 aromatic carbocycles. The molecule has 0 unspecified atom stereocenters. The van der Waals surface area contributed by atoms with Crippen molar-refractivity contribution in [1.29, 1.82) is 0 Å². The van der Waals surface area contributed by atoms with Crippen molar-refractivity contribution in [2.45, 2.75) is 27.7 Å². The number of esters is 2. The number of benzene rings is 1. The molecular formula is C20H23NO6. The first kappa shape index (κ1) is 20.2. The van der Waals surface area contributed by atoms with E-state index in [0.29, 0.717) is 22.6 Å². The molecule has 1 aromatic heterocycles. The molecule has 27 heavy (non-hydrogen) atoms. The van der Waals surface area contributed by atoms with Gasteiger partial charge in [0.2, 0.25) is 5.78 Å². The van der Waals surface area contributed by atoms with Crippen LogP contribution in [-0.4, -0.2) is 43.0 Å². The van der Waals surface area contributed by atoms with Crippen molar-refractivity contribution in [2.75, 3.05) is 20.3 Å². The van der Waals surface area contributed by atoms with E-state index in [9.17, 15) is 14.4 Å². The van der Waals surface area contributed by atoms with Gasteiger partial charge < -0.3 is 19.2 Å². The van der Waals surface area contributed by atoms with Gasteiger partial charge >= 0.3 is 11.9 Å². The number of ether oxygens (including phenoxy) is 3. The molecule has 0 saturated heterocycles. The minimum Gasteiger partial charge on any atom is -0.482 e. The van der Waals surface area contributed by atoms with Crippen molar-refractivity contribution in [2.24, 2.45) is 0 Å². The van der Waals surface area contributed by atoms with Gasteiger partial charge in [0.15, 0.2) is 13.2 Å². The maximum atomic E-state index is 12.3. The van der Waals surface area contributed by atoms with Gasteiger partial charge in [0.1, 0.15) is 5.75 Å². The number of hydrogen-bond acceptors (Lipinski definition) is 6. The first-order valence-corrected chi connectivity index (χ1v) is 8.40. The van der Waals surface area contributed by atoms with Crippen molar-refractivity contribution in [3.63, 3.8) is 0 Å². The molecule has 0 fully saturated rings. The fraction of sp³-hybridized carbons (Fsp3) is 0.350. The number of H-pyrrole nitrogens is 1. The molecule has 1 heterocycles. The Morgan fingerprint density at radius 2 is 1.59 bits per heavy atom. The number of Topliss-reactive ketones (excluding diaryl/α,β-unsaturated/α-hetero) is 1. The third kappa shape index (κ3) is 4.97. The van der Waals surface area contributed by atoms with E-state index in [1.165, 1.54) is 7.11 Å². The number of nitrogens with one attached hydrogen (secondary N) is 1. The van der Waals surface area contributed by atoms with Crippen molar-refractivity contribution >= 4 is 17.7 Å². The summed E-state index contributed by atoms with van der Waals surface area (Å²) in [6.45, 7) is 6.41. The van der Waals surface area contributed by atoms with Gasteiger partial charge in [-0.3, -0.25) is 4.79 Å². The zero-order valence-electron chi connectivity index (χ0n) is 16.1. The first-order chi connectivity index (χ1) is 12.7. The molecule has 0 radical (unpaired) electrons. The molecule has 0 spiro atoms. The molecule has 0 aliphatic carbocycles. The van der Waals surface area contributed by atoms with Crippen LogP contribution in [0.3, 0.4) is 0 Å². The van der Waals surface area contributed by atoms with Gasteiger partial charge in [-0.1, -0.05) is 6.07 Å². The second kappa shape index (κ2) is 8.53. The Kier molecular flexibility index (Phi) is 6.39. The molecule has 2 aromatic rings. The molecular weight excluding hydrogens is 350 g/mol. The third-order valence-corrected chi connectivity index (χ3v) is 4.02. The molecule has 1 N–H and O–H groups in total. The standard InChI is InChI=1S/C20H23NO6/c1-11-6-12(2)8-15(7-11)26-10-17(23)27-9-16(22)19-13(3)18(14(4)21-19)20(24)25-5/h6-8,21H,9-10H2,1-5H3. The van der Waals surface area contributed by atoms with Crippen LogP contribution in [0.25, 0.3) is 0 Å². The summed E-state index contributed by atoms with van der Waals surface area (Å²) < 4.78 is 15.1. The van der Waals surface area contributed by atoms with Crippen LogP contribution in [0.1, 0.15) is 43.2 Å². The fourth-order valence-corrected chi connectivity index (χ4v) is 2.86. The Labute approximate surface area is 157 Å². The highest BCUT2D eigenvalue weighted by Gasteiger charge is 2.23. The van der Waals surface area contributed by atoms with Gasteiger partial charge in [0, 0.05) is 5.69 Å². The zero-order chi connectivity index (χ0) is 20.1. The highest BCUT2D eigenvalue weighted by molar-refractivity contribution is 6.02. The first-order valence-electron chi connectivity index (χ1n) is 8.40. The number of methoxy groups -OCH3 is 1. The molecule has 144 valence electrons. The summed E-state index contributed by atoms with van der Waals surface area (Å²) >= 11 is 0. The SMILES string of the molecule is COC(=O)c1c(C)[nH]c(C(=O)COC(=O)COc2cc(C)cc(C)c2)c1C. The van der Waals surface area contributed by atoms with Crippen LogP contribution >= 0.6 is 0 Å². The second-order valence-electron chi connectivity index (χ2n) is 6.31. The van der Waals surface area contributed by atoms with Gasteiger partial charge in [-0.05, 0) is 56.5 Å². The van der Waals surface area contributed by atoms with E-state index in [2.05, 4.69) is 4.98 Å². The topological polar surface area (TPSA) is 94.7 Å². The normalized spacial score (nSPS) is 10.4. The summed E-state index contributed by atoms with van der Waals surface area (Å²) in [7, 11) is 1.27. The average molecular weight is 373 g/mol. The quantitative estimate of drug-likeness (QED) is 0.592. The van der Waals surface area contributed by atoms with E-state index < -0.39 is 24.3 Å². The number of aromatic amines is 1. The van der Waals surface area contributed by atoms with E-state index >= 15 is 0 Å². The second-order valence-corrected chi connectivity index (χ2v) is 6.31. The lowest BCUT2D eigenvalue weighted by atomic mass is 10.1. The Hall–Kier alpha value is -3.09. The van der Waals surface area contributed by atoms with Crippen LogP contribution < -0.4 is 4.74 Å². The van der Waals surface area contributed by atoms with Crippen LogP contribution in [-0.2, 0) is 14.3 Å². The number of carbonyl (C=O) groups excluding carboxylic acids is 3. The number of aromatic nitrogens is 1. The van der Waals surface area contributed by atoms with Crippen molar-refractivity contribution in [3.05, 3.63) is 51.8 Å². The predicted octanol–water partition coefficient (Wildman–Crippen LogP) is 2.84. The smallest absolute Gasteiger partial charge is 0.344 e. The van der Waals surface area contributed by atoms with Gasteiger partial charge in [-0.15, -0.1) is 0 Å². The molecule has 0 bridgehead atoms. The van der Waals surface area contributed by atoms with E-state index in [1.807, 2.05) is 32.0 Å². The van der Waals surface area contributed by atoms with Crippen LogP contribution in [0.2, 0.25) is 0 Å². The summed E-state index contributed by atoms with van der Waals surface area (Å²) in [6.07, 6.45) is 0. The number of rotatable bonds is 7. The number of aryl methyl sites for hydroxylation is 3.